The smallest absolute Gasteiger partial charge is 0.192 e. The van der Waals surface area contributed by atoms with Gasteiger partial charge in [0.05, 0.1) is 19.2 Å². The van der Waals surface area contributed by atoms with Gasteiger partial charge in [0.1, 0.15) is 0 Å². The Labute approximate surface area is 120 Å². The average molecular weight is 273 g/mol. The van der Waals surface area contributed by atoms with Crippen LogP contribution in [-0.2, 0) is 11.3 Å². The number of benzene rings is 1. The molecule has 0 amide bonds. The van der Waals surface area contributed by atoms with Crippen molar-refractivity contribution in [1.29, 1.82) is 0 Å². The van der Waals surface area contributed by atoms with Crippen LogP contribution in [-0.4, -0.2) is 30.6 Å². The first kappa shape index (κ1) is 13.4. The maximum atomic E-state index is 6.13. The minimum Gasteiger partial charge on any atom is -0.380 e. The zero-order chi connectivity index (χ0) is 13.9. The van der Waals surface area contributed by atoms with E-state index in [0.717, 1.165) is 12.5 Å². The third kappa shape index (κ3) is 2.52. The Kier molecular flexibility index (Phi) is 3.92. The van der Waals surface area contributed by atoms with E-state index < -0.39 is 0 Å². The molecule has 0 aromatic heterocycles. The van der Waals surface area contributed by atoms with Gasteiger partial charge in [0, 0.05) is 13.2 Å². The van der Waals surface area contributed by atoms with Gasteiger partial charge >= 0.3 is 0 Å². The lowest BCUT2D eigenvalue weighted by Crippen LogP contribution is -2.42. The minimum atomic E-state index is 0.301. The Morgan fingerprint density at radius 1 is 1.35 bits per heavy atom. The van der Waals surface area contributed by atoms with Gasteiger partial charge in [-0.05, 0) is 24.0 Å². The third-order valence-corrected chi connectivity index (χ3v) is 4.39. The molecule has 108 valence electrons. The van der Waals surface area contributed by atoms with E-state index in [0.29, 0.717) is 18.7 Å². The molecule has 1 aromatic carbocycles. The SMILES string of the molecule is COCc1cccc(C2CN=C(N)N2C2CCCC2)c1. The predicted molar refractivity (Wildman–Crippen MR) is 80.5 cm³/mol. The highest BCUT2D eigenvalue weighted by Crippen LogP contribution is 2.34. The van der Waals surface area contributed by atoms with Gasteiger partial charge in [0.15, 0.2) is 5.96 Å². The van der Waals surface area contributed by atoms with Crippen molar-refractivity contribution >= 4 is 5.96 Å². The Morgan fingerprint density at radius 3 is 2.90 bits per heavy atom. The van der Waals surface area contributed by atoms with Gasteiger partial charge in [-0.3, -0.25) is 4.99 Å². The monoisotopic (exact) mass is 273 g/mol. The number of methoxy groups -OCH3 is 1. The second-order valence-corrected chi connectivity index (χ2v) is 5.74. The van der Waals surface area contributed by atoms with Crippen molar-refractivity contribution in [2.24, 2.45) is 10.7 Å². The number of ether oxygens (including phenoxy) is 1. The summed E-state index contributed by atoms with van der Waals surface area (Å²) < 4.78 is 5.23. The van der Waals surface area contributed by atoms with Crippen LogP contribution in [0.4, 0.5) is 0 Å². The van der Waals surface area contributed by atoms with E-state index in [2.05, 4.69) is 34.2 Å². The summed E-state index contributed by atoms with van der Waals surface area (Å²) in [5.41, 5.74) is 8.65. The molecule has 0 spiro atoms. The summed E-state index contributed by atoms with van der Waals surface area (Å²) in [6.45, 7) is 1.43. The summed E-state index contributed by atoms with van der Waals surface area (Å²) in [7, 11) is 1.73. The molecule has 0 saturated heterocycles. The summed E-state index contributed by atoms with van der Waals surface area (Å²) in [5.74, 6) is 0.721. The van der Waals surface area contributed by atoms with E-state index in [9.17, 15) is 0 Å². The van der Waals surface area contributed by atoms with Crippen molar-refractivity contribution in [3.8, 4) is 0 Å². The molecule has 0 bridgehead atoms. The fourth-order valence-corrected chi connectivity index (χ4v) is 3.46. The number of nitrogens with two attached hydrogens (primary N) is 1. The van der Waals surface area contributed by atoms with Gasteiger partial charge in [-0.25, -0.2) is 0 Å². The molecule has 1 aliphatic carbocycles. The first-order valence-corrected chi connectivity index (χ1v) is 7.45. The quantitative estimate of drug-likeness (QED) is 0.916. The van der Waals surface area contributed by atoms with Crippen molar-refractivity contribution < 1.29 is 4.74 Å². The summed E-state index contributed by atoms with van der Waals surface area (Å²) in [4.78, 5) is 6.83. The molecular weight excluding hydrogens is 250 g/mol. The molecule has 1 atom stereocenters. The van der Waals surface area contributed by atoms with E-state index in [1.807, 2.05) is 0 Å². The van der Waals surface area contributed by atoms with Crippen LogP contribution in [0.5, 0.6) is 0 Å². The molecule has 0 radical (unpaired) electrons. The van der Waals surface area contributed by atoms with Crippen molar-refractivity contribution in [1.82, 2.24) is 4.90 Å². The molecule has 1 saturated carbocycles. The third-order valence-electron chi connectivity index (χ3n) is 4.39. The van der Waals surface area contributed by atoms with Crippen LogP contribution in [0.15, 0.2) is 29.3 Å². The van der Waals surface area contributed by atoms with Gasteiger partial charge in [-0.15, -0.1) is 0 Å². The summed E-state index contributed by atoms with van der Waals surface area (Å²) in [6, 6.07) is 9.48. The molecule has 4 nitrogen and oxygen atoms in total. The highest BCUT2D eigenvalue weighted by atomic mass is 16.5. The van der Waals surface area contributed by atoms with E-state index in [4.69, 9.17) is 10.5 Å². The van der Waals surface area contributed by atoms with Crippen LogP contribution < -0.4 is 5.73 Å². The zero-order valence-corrected chi connectivity index (χ0v) is 12.1. The average Bonchev–Trinajstić information content (AvgIpc) is 3.08. The van der Waals surface area contributed by atoms with E-state index in [1.54, 1.807) is 7.11 Å². The number of hydrogen-bond donors (Lipinski definition) is 1. The van der Waals surface area contributed by atoms with Crippen LogP contribution in [0, 0.1) is 0 Å². The number of rotatable bonds is 4. The maximum Gasteiger partial charge on any atom is 0.192 e. The first-order valence-electron chi connectivity index (χ1n) is 7.45. The molecule has 1 fully saturated rings. The lowest BCUT2D eigenvalue weighted by molar-refractivity contribution is 0.184. The van der Waals surface area contributed by atoms with Crippen LogP contribution in [0.3, 0.4) is 0 Å². The number of nitrogens with zero attached hydrogens (tertiary/aromatic N) is 2. The zero-order valence-electron chi connectivity index (χ0n) is 12.1. The van der Waals surface area contributed by atoms with Crippen molar-refractivity contribution in [2.75, 3.05) is 13.7 Å². The van der Waals surface area contributed by atoms with Gasteiger partial charge < -0.3 is 15.4 Å². The van der Waals surface area contributed by atoms with E-state index in [-0.39, 0.29) is 0 Å². The van der Waals surface area contributed by atoms with Gasteiger partial charge in [0.25, 0.3) is 0 Å². The van der Waals surface area contributed by atoms with Crippen molar-refractivity contribution in [3.05, 3.63) is 35.4 Å². The molecule has 1 unspecified atom stereocenters. The molecule has 2 aliphatic rings. The summed E-state index contributed by atoms with van der Waals surface area (Å²) >= 11 is 0. The molecule has 2 N–H and O–H groups in total. The van der Waals surface area contributed by atoms with Crippen LogP contribution in [0.2, 0.25) is 0 Å². The van der Waals surface area contributed by atoms with Gasteiger partial charge in [-0.2, -0.15) is 0 Å². The summed E-state index contributed by atoms with van der Waals surface area (Å²) in [5, 5.41) is 0. The van der Waals surface area contributed by atoms with Crippen LogP contribution in [0.25, 0.3) is 0 Å². The second-order valence-electron chi connectivity index (χ2n) is 5.74. The van der Waals surface area contributed by atoms with Gasteiger partial charge in [-0.1, -0.05) is 37.1 Å². The lowest BCUT2D eigenvalue weighted by Gasteiger charge is -2.32. The predicted octanol–water partition coefficient (Wildman–Crippen LogP) is 2.45. The fourth-order valence-electron chi connectivity index (χ4n) is 3.46. The second kappa shape index (κ2) is 5.83. The number of hydrogen-bond acceptors (Lipinski definition) is 4. The van der Waals surface area contributed by atoms with E-state index >= 15 is 0 Å². The number of guanidine groups is 1. The largest absolute Gasteiger partial charge is 0.380 e. The molecule has 1 aliphatic heterocycles. The Morgan fingerprint density at radius 2 is 2.15 bits per heavy atom. The summed E-state index contributed by atoms with van der Waals surface area (Å²) in [6.07, 6.45) is 5.10. The van der Waals surface area contributed by atoms with E-state index in [1.165, 1.54) is 36.8 Å². The Balaban J connectivity index is 1.83. The fraction of sp³-hybridized carbons (Fsp3) is 0.562. The molecule has 1 aromatic rings. The van der Waals surface area contributed by atoms with Crippen LogP contribution >= 0.6 is 0 Å². The number of aliphatic imine (C=N–C) groups is 1. The van der Waals surface area contributed by atoms with Crippen molar-refractivity contribution in [3.63, 3.8) is 0 Å². The molecular formula is C16H23N3O. The normalized spacial score (nSPS) is 23.4. The minimum absolute atomic E-state index is 0.301. The van der Waals surface area contributed by atoms with Gasteiger partial charge in [0.2, 0.25) is 0 Å². The maximum absolute atomic E-state index is 6.13. The van der Waals surface area contributed by atoms with Crippen LogP contribution in [0.1, 0.15) is 42.9 Å². The lowest BCUT2D eigenvalue weighted by atomic mass is 10.0. The highest BCUT2D eigenvalue weighted by Gasteiger charge is 2.34. The molecule has 3 rings (SSSR count). The standard InChI is InChI=1S/C16H23N3O/c1-20-11-12-5-4-6-13(9-12)15-10-18-16(17)19(15)14-7-2-3-8-14/h4-6,9,14-15H,2-3,7-8,10-11H2,1H3,(H2,17,18). The van der Waals surface area contributed by atoms with Crippen molar-refractivity contribution in [2.45, 2.75) is 44.4 Å². The molecule has 4 heteroatoms. The first-order chi connectivity index (χ1) is 9.79. The Bertz CT molecular complexity index is 494. The molecule has 1 heterocycles. The Hall–Kier alpha value is -1.55. The highest BCUT2D eigenvalue weighted by molar-refractivity contribution is 5.80. The topological polar surface area (TPSA) is 50.9 Å². The molecule has 20 heavy (non-hydrogen) atoms.